The van der Waals surface area contributed by atoms with Crippen molar-refractivity contribution in [2.24, 2.45) is 0 Å². The maximum Gasteiger partial charge on any atom is 0.150 e. The van der Waals surface area contributed by atoms with Crippen LogP contribution in [0.2, 0.25) is 0 Å². The van der Waals surface area contributed by atoms with Gasteiger partial charge in [-0.2, -0.15) is 5.10 Å². The molecule has 0 radical (unpaired) electrons. The second-order valence-corrected chi connectivity index (χ2v) is 4.98. The fourth-order valence-electron chi connectivity index (χ4n) is 1.55. The third-order valence-corrected chi connectivity index (χ3v) is 3.44. The van der Waals surface area contributed by atoms with Crippen LogP contribution in [-0.2, 0) is 14.7 Å². The summed E-state index contributed by atoms with van der Waals surface area (Å²) in [6, 6.07) is 0.359. The van der Waals surface area contributed by atoms with Gasteiger partial charge >= 0.3 is 0 Å². The second-order valence-electron chi connectivity index (χ2n) is 3.22. The van der Waals surface area contributed by atoms with E-state index in [1.165, 1.54) is 0 Å². The molecule has 1 aliphatic heterocycles. The van der Waals surface area contributed by atoms with E-state index in [0.717, 1.165) is 26.1 Å². The van der Waals surface area contributed by atoms with Crippen LogP contribution in [0.15, 0.2) is 17.3 Å². The van der Waals surface area contributed by atoms with E-state index in [1.54, 1.807) is 12.4 Å². The molecule has 0 spiro atoms. The van der Waals surface area contributed by atoms with Crippen LogP contribution in [-0.4, -0.2) is 27.2 Å². The minimum absolute atomic E-state index is 0.359. The summed E-state index contributed by atoms with van der Waals surface area (Å²) in [5.74, 6) is 0. The van der Waals surface area contributed by atoms with Gasteiger partial charge in [0.1, 0.15) is 0 Å². The first-order chi connectivity index (χ1) is 6.77. The lowest BCUT2D eigenvalue weighted by atomic mass is 10.1. The van der Waals surface area contributed by atoms with Crippen molar-refractivity contribution in [2.45, 2.75) is 23.8 Å². The van der Waals surface area contributed by atoms with Crippen molar-refractivity contribution in [1.29, 1.82) is 0 Å². The standard InChI is InChI=1S/C8H11ClN2O2S/c9-14(12)8-5-10-11(6-8)7-1-3-13-4-2-7/h5-7H,1-4H2. The maximum atomic E-state index is 10.9. The fourth-order valence-corrected chi connectivity index (χ4v) is 2.11. The van der Waals surface area contributed by atoms with Crippen molar-refractivity contribution >= 4 is 20.7 Å². The number of halogens is 1. The average Bonchev–Trinajstić information content (AvgIpc) is 2.68. The van der Waals surface area contributed by atoms with E-state index in [2.05, 4.69) is 5.10 Å². The topological polar surface area (TPSA) is 44.1 Å². The highest BCUT2D eigenvalue weighted by molar-refractivity contribution is 8.08. The Kier molecular flexibility index (Phi) is 3.20. The van der Waals surface area contributed by atoms with Crippen molar-refractivity contribution in [2.75, 3.05) is 13.2 Å². The van der Waals surface area contributed by atoms with E-state index >= 15 is 0 Å². The summed E-state index contributed by atoms with van der Waals surface area (Å²) >= 11 is 0. The summed E-state index contributed by atoms with van der Waals surface area (Å²) in [7, 11) is 3.99. The van der Waals surface area contributed by atoms with Gasteiger partial charge < -0.3 is 4.74 Å². The van der Waals surface area contributed by atoms with Crippen LogP contribution in [0.1, 0.15) is 18.9 Å². The molecule has 1 atom stereocenters. The molecule has 1 aromatic heterocycles. The molecule has 14 heavy (non-hydrogen) atoms. The zero-order chi connectivity index (χ0) is 9.97. The van der Waals surface area contributed by atoms with Crippen LogP contribution in [0.5, 0.6) is 0 Å². The molecule has 1 fully saturated rings. The largest absolute Gasteiger partial charge is 0.381 e. The van der Waals surface area contributed by atoms with E-state index in [4.69, 9.17) is 15.4 Å². The van der Waals surface area contributed by atoms with Crippen LogP contribution in [0, 0.1) is 0 Å². The molecule has 78 valence electrons. The third-order valence-electron chi connectivity index (χ3n) is 2.33. The van der Waals surface area contributed by atoms with Crippen molar-refractivity contribution in [1.82, 2.24) is 9.78 Å². The Morgan fingerprint density at radius 3 is 2.86 bits per heavy atom. The SMILES string of the molecule is O=S(Cl)c1cnn(C2CCOCC2)c1. The van der Waals surface area contributed by atoms with Crippen LogP contribution < -0.4 is 0 Å². The van der Waals surface area contributed by atoms with Crippen molar-refractivity contribution in [3.63, 3.8) is 0 Å². The van der Waals surface area contributed by atoms with E-state index in [9.17, 15) is 4.21 Å². The molecule has 1 saturated heterocycles. The van der Waals surface area contributed by atoms with E-state index in [1.807, 2.05) is 4.68 Å². The molecule has 1 aromatic rings. The minimum Gasteiger partial charge on any atom is -0.381 e. The van der Waals surface area contributed by atoms with Gasteiger partial charge in [0.05, 0.1) is 17.1 Å². The lowest BCUT2D eigenvalue weighted by molar-refractivity contribution is 0.0662. The third kappa shape index (κ3) is 2.16. The van der Waals surface area contributed by atoms with Crippen LogP contribution in [0.25, 0.3) is 0 Å². The summed E-state index contributed by atoms with van der Waals surface area (Å²) in [5, 5.41) is 4.14. The quantitative estimate of drug-likeness (QED) is 0.729. The van der Waals surface area contributed by atoms with Crippen LogP contribution in [0.3, 0.4) is 0 Å². The number of rotatable bonds is 2. The second kappa shape index (κ2) is 4.42. The molecular formula is C8H11ClN2O2S. The predicted molar refractivity (Wildman–Crippen MR) is 53.6 cm³/mol. The van der Waals surface area contributed by atoms with Gasteiger partial charge in [-0.05, 0) is 23.5 Å². The highest BCUT2D eigenvalue weighted by Crippen LogP contribution is 2.21. The van der Waals surface area contributed by atoms with Gasteiger partial charge in [-0.1, -0.05) is 0 Å². The molecule has 2 rings (SSSR count). The Balaban J connectivity index is 2.11. The number of hydrogen-bond acceptors (Lipinski definition) is 3. The summed E-state index contributed by atoms with van der Waals surface area (Å²) < 4.78 is 18.0. The molecular weight excluding hydrogens is 224 g/mol. The zero-order valence-electron chi connectivity index (χ0n) is 7.56. The van der Waals surface area contributed by atoms with E-state index < -0.39 is 10.0 Å². The molecule has 1 unspecified atom stereocenters. The molecule has 2 heterocycles. The average molecular weight is 235 g/mol. The van der Waals surface area contributed by atoms with Gasteiger partial charge in [-0.15, -0.1) is 0 Å². The summed E-state index contributed by atoms with van der Waals surface area (Å²) in [6.45, 7) is 1.54. The molecule has 6 heteroatoms. The van der Waals surface area contributed by atoms with Gasteiger partial charge in [0.2, 0.25) is 0 Å². The number of ether oxygens (including phenoxy) is 1. The predicted octanol–water partition coefficient (Wildman–Crippen LogP) is 1.50. The number of nitrogens with zero attached hydrogens (tertiary/aromatic N) is 2. The Hall–Kier alpha value is -0.390. The Morgan fingerprint density at radius 2 is 2.29 bits per heavy atom. The summed E-state index contributed by atoms with van der Waals surface area (Å²) in [5.41, 5.74) is 0. The van der Waals surface area contributed by atoms with Gasteiger partial charge in [0.25, 0.3) is 0 Å². The van der Waals surface area contributed by atoms with Crippen molar-refractivity contribution < 1.29 is 8.95 Å². The Morgan fingerprint density at radius 1 is 1.57 bits per heavy atom. The van der Waals surface area contributed by atoms with Crippen LogP contribution in [0.4, 0.5) is 0 Å². The number of hydrogen-bond donors (Lipinski definition) is 0. The maximum absolute atomic E-state index is 10.9. The van der Waals surface area contributed by atoms with Gasteiger partial charge in [0.15, 0.2) is 10.0 Å². The van der Waals surface area contributed by atoms with Crippen LogP contribution >= 0.6 is 10.7 Å². The smallest absolute Gasteiger partial charge is 0.150 e. The highest BCUT2D eigenvalue weighted by atomic mass is 35.7. The van der Waals surface area contributed by atoms with Gasteiger partial charge in [-0.25, -0.2) is 4.21 Å². The molecule has 0 N–H and O–H groups in total. The molecule has 1 aliphatic rings. The lowest BCUT2D eigenvalue weighted by Gasteiger charge is -2.22. The monoisotopic (exact) mass is 234 g/mol. The summed E-state index contributed by atoms with van der Waals surface area (Å²) in [4.78, 5) is 0.568. The summed E-state index contributed by atoms with van der Waals surface area (Å²) in [6.07, 6.45) is 5.21. The molecule has 0 amide bonds. The zero-order valence-corrected chi connectivity index (χ0v) is 9.13. The lowest BCUT2D eigenvalue weighted by Crippen LogP contribution is -2.19. The van der Waals surface area contributed by atoms with Crippen molar-refractivity contribution in [3.05, 3.63) is 12.4 Å². The minimum atomic E-state index is -1.45. The van der Waals surface area contributed by atoms with Gasteiger partial charge in [-0.3, -0.25) is 4.68 Å². The first-order valence-electron chi connectivity index (χ1n) is 4.47. The van der Waals surface area contributed by atoms with Gasteiger partial charge in [0, 0.05) is 19.4 Å². The first-order valence-corrected chi connectivity index (χ1v) is 6.45. The number of aromatic nitrogens is 2. The molecule has 0 aliphatic carbocycles. The van der Waals surface area contributed by atoms with Crippen molar-refractivity contribution in [3.8, 4) is 0 Å². The van der Waals surface area contributed by atoms with E-state index in [-0.39, 0.29) is 0 Å². The van der Waals surface area contributed by atoms with E-state index in [0.29, 0.717) is 10.9 Å². The normalized spacial score (nSPS) is 20.9. The molecule has 0 bridgehead atoms. The molecule has 0 aromatic carbocycles. The first kappa shape index (κ1) is 10.1. The molecule has 4 nitrogen and oxygen atoms in total. The molecule has 0 saturated carbocycles. The Bertz CT molecular complexity index is 336. The highest BCUT2D eigenvalue weighted by Gasteiger charge is 2.17. The Labute approximate surface area is 89.2 Å². The fraction of sp³-hybridized carbons (Fsp3) is 0.625.